The van der Waals surface area contributed by atoms with E-state index in [-0.39, 0.29) is 24.4 Å². The van der Waals surface area contributed by atoms with Crippen molar-refractivity contribution in [3.05, 3.63) is 0 Å². The van der Waals surface area contributed by atoms with Crippen molar-refractivity contribution in [1.82, 2.24) is 15.5 Å². The molecule has 0 aromatic heterocycles. The standard InChI is InChI=1S/C12H21N3O4/c1-4-12(2,3)7-14-11(19)15-6-9(16)13-5-8(15)10(17)18/h8H,4-7H2,1-3H3,(H,13,16)(H,14,19)(H,17,18). The minimum Gasteiger partial charge on any atom is -0.480 e. The van der Waals surface area contributed by atoms with Crippen molar-refractivity contribution < 1.29 is 19.5 Å². The lowest BCUT2D eigenvalue weighted by molar-refractivity contribution is -0.144. The zero-order chi connectivity index (χ0) is 14.6. The Labute approximate surface area is 112 Å². The van der Waals surface area contributed by atoms with Crippen molar-refractivity contribution in [1.29, 1.82) is 0 Å². The third kappa shape index (κ3) is 4.11. The van der Waals surface area contributed by atoms with E-state index in [0.29, 0.717) is 6.54 Å². The summed E-state index contributed by atoms with van der Waals surface area (Å²) in [6.07, 6.45) is 0.885. The Hall–Kier alpha value is -1.79. The van der Waals surface area contributed by atoms with Gasteiger partial charge < -0.3 is 15.7 Å². The molecule has 7 nitrogen and oxygen atoms in total. The van der Waals surface area contributed by atoms with E-state index in [2.05, 4.69) is 10.6 Å². The summed E-state index contributed by atoms with van der Waals surface area (Å²) < 4.78 is 0. The maximum absolute atomic E-state index is 12.0. The van der Waals surface area contributed by atoms with Gasteiger partial charge in [0.2, 0.25) is 5.91 Å². The monoisotopic (exact) mass is 271 g/mol. The first kappa shape index (κ1) is 15.3. The number of carbonyl (C=O) groups excluding carboxylic acids is 2. The summed E-state index contributed by atoms with van der Waals surface area (Å²) in [5, 5.41) is 14.2. The molecule has 19 heavy (non-hydrogen) atoms. The van der Waals surface area contributed by atoms with Gasteiger partial charge in [-0.15, -0.1) is 0 Å². The van der Waals surface area contributed by atoms with E-state index in [1.54, 1.807) is 0 Å². The zero-order valence-electron chi connectivity index (χ0n) is 11.5. The SMILES string of the molecule is CCC(C)(C)CNC(=O)N1CC(=O)NCC1C(=O)O. The van der Waals surface area contributed by atoms with Crippen LogP contribution in [0.1, 0.15) is 27.2 Å². The van der Waals surface area contributed by atoms with Crippen molar-refractivity contribution in [3.8, 4) is 0 Å². The number of rotatable bonds is 4. The zero-order valence-corrected chi connectivity index (χ0v) is 11.5. The van der Waals surface area contributed by atoms with Gasteiger partial charge in [0, 0.05) is 13.1 Å². The summed E-state index contributed by atoms with van der Waals surface area (Å²) in [4.78, 5) is 35.4. The normalized spacial score (nSPS) is 19.8. The highest BCUT2D eigenvalue weighted by molar-refractivity contribution is 5.90. The van der Waals surface area contributed by atoms with Crippen LogP contribution in [0.15, 0.2) is 0 Å². The smallest absolute Gasteiger partial charge is 0.328 e. The summed E-state index contributed by atoms with van der Waals surface area (Å²) in [5.74, 6) is -1.47. The molecule has 1 aliphatic heterocycles. The Morgan fingerprint density at radius 2 is 2.16 bits per heavy atom. The van der Waals surface area contributed by atoms with Crippen LogP contribution < -0.4 is 10.6 Å². The number of hydrogen-bond acceptors (Lipinski definition) is 3. The van der Waals surface area contributed by atoms with Crippen LogP contribution in [-0.2, 0) is 9.59 Å². The van der Waals surface area contributed by atoms with E-state index in [0.717, 1.165) is 11.3 Å². The predicted molar refractivity (Wildman–Crippen MR) is 68.6 cm³/mol. The largest absolute Gasteiger partial charge is 0.480 e. The summed E-state index contributed by atoms with van der Waals surface area (Å²) in [5.41, 5.74) is -0.0631. The number of hydrogen-bond donors (Lipinski definition) is 3. The maximum Gasteiger partial charge on any atom is 0.328 e. The molecule has 0 aromatic carbocycles. The van der Waals surface area contributed by atoms with Crippen LogP contribution in [0, 0.1) is 5.41 Å². The molecule has 1 heterocycles. The number of aliphatic carboxylic acids is 1. The maximum atomic E-state index is 12.0. The number of amides is 3. The fourth-order valence-corrected chi connectivity index (χ4v) is 1.62. The molecule has 1 aliphatic rings. The number of nitrogens with zero attached hydrogens (tertiary/aromatic N) is 1. The molecule has 1 atom stereocenters. The molecular formula is C12H21N3O4. The van der Waals surface area contributed by atoms with Gasteiger partial charge in [0.05, 0.1) is 0 Å². The van der Waals surface area contributed by atoms with Crippen LogP contribution in [-0.4, -0.2) is 53.6 Å². The molecule has 0 aromatic rings. The Morgan fingerprint density at radius 1 is 1.53 bits per heavy atom. The van der Waals surface area contributed by atoms with Gasteiger partial charge in [-0.1, -0.05) is 20.8 Å². The molecule has 3 amide bonds. The van der Waals surface area contributed by atoms with Gasteiger partial charge in [0.1, 0.15) is 12.6 Å². The Kier molecular flexibility index (Phi) is 4.74. The molecule has 3 N–H and O–H groups in total. The van der Waals surface area contributed by atoms with Crippen molar-refractivity contribution in [2.75, 3.05) is 19.6 Å². The van der Waals surface area contributed by atoms with E-state index in [4.69, 9.17) is 5.11 Å². The predicted octanol–water partition coefficient (Wildman–Crippen LogP) is 0.0172. The van der Waals surface area contributed by atoms with E-state index >= 15 is 0 Å². The number of carbonyl (C=O) groups is 3. The average Bonchev–Trinajstić information content (AvgIpc) is 2.35. The molecule has 0 aliphatic carbocycles. The van der Waals surface area contributed by atoms with Crippen LogP contribution in [0.3, 0.4) is 0 Å². The lowest BCUT2D eigenvalue weighted by atomic mass is 9.90. The van der Waals surface area contributed by atoms with E-state index in [9.17, 15) is 14.4 Å². The molecular weight excluding hydrogens is 250 g/mol. The van der Waals surface area contributed by atoms with Gasteiger partial charge in [-0.3, -0.25) is 9.69 Å². The second kappa shape index (κ2) is 5.90. The summed E-state index contributed by atoms with van der Waals surface area (Å²) >= 11 is 0. The minimum atomic E-state index is -1.12. The van der Waals surface area contributed by atoms with Crippen LogP contribution in [0.25, 0.3) is 0 Å². The number of urea groups is 1. The highest BCUT2D eigenvalue weighted by Gasteiger charge is 2.35. The lowest BCUT2D eigenvalue weighted by Crippen LogP contribution is -2.61. The second-order valence-corrected chi connectivity index (χ2v) is 5.46. The number of piperazine rings is 1. The van der Waals surface area contributed by atoms with Gasteiger partial charge in [0.15, 0.2) is 0 Å². The summed E-state index contributed by atoms with van der Waals surface area (Å²) in [7, 11) is 0. The van der Waals surface area contributed by atoms with Crippen LogP contribution >= 0.6 is 0 Å². The molecule has 7 heteroatoms. The summed E-state index contributed by atoms with van der Waals surface area (Å²) in [6, 6.07) is -1.52. The third-order valence-corrected chi connectivity index (χ3v) is 3.40. The molecule has 1 fully saturated rings. The Bertz CT molecular complexity index is 381. The first-order valence-electron chi connectivity index (χ1n) is 6.31. The van der Waals surface area contributed by atoms with Crippen molar-refractivity contribution in [2.24, 2.45) is 5.41 Å². The fourth-order valence-electron chi connectivity index (χ4n) is 1.62. The third-order valence-electron chi connectivity index (χ3n) is 3.40. The Morgan fingerprint density at radius 3 is 2.68 bits per heavy atom. The average molecular weight is 271 g/mol. The fraction of sp³-hybridized carbons (Fsp3) is 0.750. The lowest BCUT2D eigenvalue weighted by Gasteiger charge is -2.33. The van der Waals surface area contributed by atoms with E-state index < -0.39 is 18.0 Å². The molecule has 108 valence electrons. The van der Waals surface area contributed by atoms with Crippen LogP contribution in [0.4, 0.5) is 4.79 Å². The molecule has 1 saturated heterocycles. The quantitative estimate of drug-likeness (QED) is 0.671. The molecule has 1 rings (SSSR count). The van der Waals surface area contributed by atoms with Gasteiger partial charge in [-0.25, -0.2) is 9.59 Å². The van der Waals surface area contributed by atoms with Crippen LogP contribution in [0.2, 0.25) is 0 Å². The molecule has 0 radical (unpaired) electrons. The highest BCUT2D eigenvalue weighted by Crippen LogP contribution is 2.18. The summed E-state index contributed by atoms with van der Waals surface area (Å²) in [6.45, 7) is 6.18. The molecule has 0 bridgehead atoms. The van der Waals surface area contributed by atoms with Crippen molar-refractivity contribution in [2.45, 2.75) is 33.2 Å². The Balaban J connectivity index is 2.66. The van der Waals surface area contributed by atoms with Gasteiger partial charge >= 0.3 is 12.0 Å². The van der Waals surface area contributed by atoms with Crippen molar-refractivity contribution >= 4 is 17.9 Å². The van der Waals surface area contributed by atoms with E-state index in [1.165, 1.54) is 0 Å². The van der Waals surface area contributed by atoms with Gasteiger partial charge in [-0.05, 0) is 11.8 Å². The molecule has 0 saturated carbocycles. The molecule has 1 unspecified atom stereocenters. The van der Waals surface area contributed by atoms with Gasteiger partial charge in [0.25, 0.3) is 0 Å². The van der Waals surface area contributed by atoms with Crippen LogP contribution in [0.5, 0.6) is 0 Å². The van der Waals surface area contributed by atoms with Gasteiger partial charge in [-0.2, -0.15) is 0 Å². The topological polar surface area (TPSA) is 98.7 Å². The first-order valence-corrected chi connectivity index (χ1v) is 6.31. The first-order chi connectivity index (χ1) is 8.76. The molecule has 0 spiro atoms. The second-order valence-electron chi connectivity index (χ2n) is 5.46. The highest BCUT2D eigenvalue weighted by atomic mass is 16.4. The van der Waals surface area contributed by atoms with Crippen molar-refractivity contribution in [3.63, 3.8) is 0 Å². The van der Waals surface area contributed by atoms with E-state index in [1.807, 2.05) is 20.8 Å². The number of carboxylic acids is 1. The number of carboxylic acid groups (broad SMARTS) is 1. The number of nitrogens with one attached hydrogen (secondary N) is 2. The minimum absolute atomic E-state index is 0.0568.